The van der Waals surface area contributed by atoms with Crippen molar-refractivity contribution in [2.24, 2.45) is 0 Å². The molecule has 0 saturated carbocycles. The summed E-state index contributed by atoms with van der Waals surface area (Å²) >= 11 is 1.37. The number of hydrogen-bond donors (Lipinski definition) is 1. The van der Waals surface area contributed by atoms with Crippen LogP contribution in [0.25, 0.3) is 10.6 Å². The van der Waals surface area contributed by atoms with Crippen molar-refractivity contribution in [2.75, 3.05) is 0 Å². The molecule has 4 rings (SSSR count). The van der Waals surface area contributed by atoms with Crippen LogP contribution in [-0.4, -0.2) is 21.8 Å². The van der Waals surface area contributed by atoms with Gasteiger partial charge in [-0.15, -0.1) is 11.3 Å². The molecule has 26 heavy (non-hydrogen) atoms. The van der Waals surface area contributed by atoms with Crippen molar-refractivity contribution >= 4 is 23.3 Å². The lowest BCUT2D eigenvalue weighted by atomic mass is 9.99. The third kappa shape index (κ3) is 2.68. The van der Waals surface area contributed by atoms with Crippen LogP contribution in [0.15, 0.2) is 52.5 Å². The fourth-order valence-electron chi connectivity index (χ4n) is 2.84. The molecule has 132 valence electrons. The SMILES string of the molecule is CC1(c2ccco2)NC(=O)N(Cc2csc(-c3ccc(F)cc3)n2)C1=O. The van der Waals surface area contributed by atoms with Crippen LogP contribution in [0, 0.1) is 5.82 Å². The molecule has 1 fully saturated rings. The Kier molecular flexibility index (Phi) is 3.84. The predicted molar refractivity (Wildman–Crippen MR) is 92.6 cm³/mol. The maximum Gasteiger partial charge on any atom is 0.325 e. The molecular formula is C18H14FN3O3S. The van der Waals surface area contributed by atoms with Gasteiger partial charge in [-0.05, 0) is 43.3 Å². The molecule has 0 spiro atoms. The van der Waals surface area contributed by atoms with E-state index in [0.717, 1.165) is 10.5 Å². The maximum atomic E-state index is 13.0. The summed E-state index contributed by atoms with van der Waals surface area (Å²) in [6, 6.07) is 8.82. The van der Waals surface area contributed by atoms with Gasteiger partial charge in [-0.3, -0.25) is 9.69 Å². The minimum absolute atomic E-state index is 0.0542. The highest BCUT2D eigenvalue weighted by Crippen LogP contribution is 2.31. The molecule has 3 amide bonds. The number of urea groups is 1. The monoisotopic (exact) mass is 371 g/mol. The molecule has 1 aromatic carbocycles. The summed E-state index contributed by atoms with van der Waals surface area (Å²) in [7, 11) is 0. The number of halogens is 1. The molecule has 1 aliphatic rings. The topological polar surface area (TPSA) is 75.4 Å². The number of benzene rings is 1. The third-order valence-electron chi connectivity index (χ3n) is 4.25. The number of amides is 3. The lowest BCUT2D eigenvalue weighted by Crippen LogP contribution is -2.40. The number of furan rings is 1. The average molecular weight is 371 g/mol. The Bertz CT molecular complexity index is 968. The molecule has 0 aliphatic carbocycles. The van der Waals surface area contributed by atoms with Gasteiger partial charge in [0.25, 0.3) is 5.91 Å². The Hall–Kier alpha value is -3.00. The molecule has 1 saturated heterocycles. The van der Waals surface area contributed by atoms with Crippen LogP contribution in [-0.2, 0) is 16.9 Å². The number of imide groups is 1. The maximum absolute atomic E-state index is 13.0. The van der Waals surface area contributed by atoms with Gasteiger partial charge < -0.3 is 9.73 Å². The summed E-state index contributed by atoms with van der Waals surface area (Å²) in [5.41, 5.74) is 0.137. The number of carbonyl (C=O) groups is 2. The first-order valence-corrected chi connectivity index (χ1v) is 8.74. The predicted octanol–water partition coefficient (Wildman–Crippen LogP) is 3.51. The Morgan fingerprint density at radius 2 is 2.04 bits per heavy atom. The number of hydrogen-bond acceptors (Lipinski definition) is 5. The minimum atomic E-state index is -1.23. The van der Waals surface area contributed by atoms with Crippen LogP contribution in [0.2, 0.25) is 0 Å². The van der Waals surface area contributed by atoms with Gasteiger partial charge >= 0.3 is 6.03 Å². The highest BCUT2D eigenvalue weighted by atomic mass is 32.1. The summed E-state index contributed by atoms with van der Waals surface area (Å²) in [6.07, 6.45) is 1.46. The fourth-order valence-corrected chi connectivity index (χ4v) is 3.65. The molecule has 3 heterocycles. The first kappa shape index (κ1) is 16.5. The molecule has 1 N–H and O–H groups in total. The Morgan fingerprint density at radius 3 is 2.73 bits per heavy atom. The number of carbonyl (C=O) groups excluding carboxylic acids is 2. The summed E-state index contributed by atoms with van der Waals surface area (Å²) in [5, 5.41) is 5.15. The number of nitrogens with zero attached hydrogens (tertiary/aromatic N) is 2. The lowest BCUT2D eigenvalue weighted by Gasteiger charge is -2.18. The normalized spacial score (nSPS) is 19.8. The highest BCUT2D eigenvalue weighted by Gasteiger charge is 2.51. The van der Waals surface area contributed by atoms with Crippen LogP contribution < -0.4 is 5.32 Å². The van der Waals surface area contributed by atoms with E-state index in [2.05, 4.69) is 10.3 Å². The molecule has 1 unspecified atom stereocenters. The van der Waals surface area contributed by atoms with E-state index in [4.69, 9.17) is 4.42 Å². The fraction of sp³-hybridized carbons (Fsp3) is 0.167. The summed E-state index contributed by atoms with van der Waals surface area (Å²) in [4.78, 5) is 30.6. The lowest BCUT2D eigenvalue weighted by molar-refractivity contribution is -0.132. The van der Waals surface area contributed by atoms with Crippen molar-refractivity contribution in [2.45, 2.75) is 19.0 Å². The number of aromatic nitrogens is 1. The van der Waals surface area contributed by atoms with Crippen molar-refractivity contribution in [1.82, 2.24) is 15.2 Å². The quantitative estimate of drug-likeness (QED) is 0.712. The van der Waals surface area contributed by atoms with Gasteiger partial charge in [0.2, 0.25) is 0 Å². The van der Waals surface area contributed by atoms with Crippen molar-refractivity contribution in [1.29, 1.82) is 0 Å². The number of nitrogens with one attached hydrogen (secondary N) is 1. The molecule has 0 bridgehead atoms. The second kappa shape index (κ2) is 6.06. The second-order valence-corrected chi connectivity index (χ2v) is 6.93. The molecule has 8 heteroatoms. The van der Waals surface area contributed by atoms with E-state index in [0.29, 0.717) is 16.5 Å². The molecule has 1 aliphatic heterocycles. The molecule has 3 aromatic rings. The standard InChI is InChI=1S/C18H14FN3O3S/c1-18(14-3-2-8-25-14)16(23)22(17(24)21-18)9-13-10-26-15(20-13)11-4-6-12(19)7-5-11/h2-8,10H,9H2,1H3,(H,21,24). The average Bonchev–Trinajstić information content (AvgIpc) is 3.34. The molecule has 6 nitrogen and oxygen atoms in total. The van der Waals surface area contributed by atoms with Crippen LogP contribution in [0.4, 0.5) is 9.18 Å². The number of thiazole rings is 1. The van der Waals surface area contributed by atoms with Crippen molar-refractivity contribution < 1.29 is 18.4 Å². The van der Waals surface area contributed by atoms with Gasteiger partial charge in [0.15, 0.2) is 5.54 Å². The third-order valence-corrected chi connectivity index (χ3v) is 5.19. The van der Waals surface area contributed by atoms with E-state index in [9.17, 15) is 14.0 Å². The summed E-state index contributed by atoms with van der Waals surface area (Å²) < 4.78 is 18.3. The van der Waals surface area contributed by atoms with Gasteiger partial charge in [0, 0.05) is 10.9 Å². The Balaban J connectivity index is 1.55. The first-order chi connectivity index (χ1) is 12.5. The largest absolute Gasteiger partial charge is 0.466 e. The zero-order chi connectivity index (χ0) is 18.3. The number of rotatable bonds is 4. The van der Waals surface area contributed by atoms with E-state index in [-0.39, 0.29) is 12.4 Å². The van der Waals surface area contributed by atoms with Crippen LogP contribution >= 0.6 is 11.3 Å². The molecular weight excluding hydrogens is 357 g/mol. The van der Waals surface area contributed by atoms with E-state index < -0.39 is 17.5 Å². The van der Waals surface area contributed by atoms with Crippen LogP contribution in [0.5, 0.6) is 0 Å². The second-order valence-electron chi connectivity index (χ2n) is 6.07. The summed E-state index contributed by atoms with van der Waals surface area (Å²) in [5.74, 6) is -0.334. The minimum Gasteiger partial charge on any atom is -0.466 e. The van der Waals surface area contributed by atoms with Crippen LogP contribution in [0.3, 0.4) is 0 Å². The van der Waals surface area contributed by atoms with E-state index in [1.165, 1.54) is 29.7 Å². The van der Waals surface area contributed by atoms with Gasteiger partial charge in [-0.2, -0.15) is 0 Å². The van der Waals surface area contributed by atoms with Gasteiger partial charge in [-0.1, -0.05) is 0 Å². The molecule has 1 atom stereocenters. The first-order valence-electron chi connectivity index (χ1n) is 7.86. The van der Waals surface area contributed by atoms with Crippen molar-refractivity contribution in [3.05, 3.63) is 65.3 Å². The van der Waals surface area contributed by atoms with Gasteiger partial charge in [0.05, 0.1) is 18.5 Å². The Morgan fingerprint density at radius 1 is 1.27 bits per heavy atom. The Labute approximate surface area is 152 Å². The highest BCUT2D eigenvalue weighted by molar-refractivity contribution is 7.13. The van der Waals surface area contributed by atoms with Gasteiger partial charge in [0.1, 0.15) is 16.6 Å². The van der Waals surface area contributed by atoms with Crippen molar-refractivity contribution in [3.8, 4) is 10.6 Å². The van der Waals surface area contributed by atoms with E-state index in [1.54, 1.807) is 36.6 Å². The van der Waals surface area contributed by atoms with Gasteiger partial charge in [-0.25, -0.2) is 14.2 Å². The van der Waals surface area contributed by atoms with Crippen LogP contribution in [0.1, 0.15) is 18.4 Å². The molecule has 0 radical (unpaired) electrons. The summed E-state index contributed by atoms with van der Waals surface area (Å²) in [6.45, 7) is 1.66. The molecule has 2 aromatic heterocycles. The smallest absolute Gasteiger partial charge is 0.325 e. The van der Waals surface area contributed by atoms with Crippen molar-refractivity contribution in [3.63, 3.8) is 0 Å². The van der Waals surface area contributed by atoms with E-state index in [1.807, 2.05) is 0 Å². The van der Waals surface area contributed by atoms with E-state index >= 15 is 0 Å². The zero-order valence-corrected chi connectivity index (χ0v) is 14.5. The zero-order valence-electron chi connectivity index (χ0n) is 13.7.